The Labute approximate surface area is 505 Å². The number of pyridine rings is 1. The first-order chi connectivity index (χ1) is 41.1. The van der Waals surface area contributed by atoms with Crippen LogP contribution in [0, 0.1) is 18.8 Å². The third-order valence-electron chi connectivity index (χ3n) is 15.6. The fraction of sp³-hybridized carbons (Fsp3) is 0.270. The normalized spacial score (nSPS) is 14.8. The van der Waals surface area contributed by atoms with Crippen LogP contribution in [0.3, 0.4) is 0 Å². The molecule has 0 fully saturated rings. The molecule has 0 N–H and O–H groups in total. The number of ether oxygens (including phenoxy) is 1. The van der Waals surface area contributed by atoms with Crippen molar-refractivity contribution >= 4 is 66.4 Å². The summed E-state index contributed by atoms with van der Waals surface area (Å²) < 4.78 is 81.5. The number of anilines is 4. The van der Waals surface area contributed by atoms with Gasteiger partial charge in [-0.25, -0.2) is 4.98 Å². The standard InChI is InChI=1S/C74H74N5O.Pt/c1-70(2,3)49-33-34-75-69(42-49)79-65-32-28-55(78-63-25-18-16-23-59(63)60-24-17-19-26-64(60)78)44-62(65)61-30-29-58(45-67(61)79)80-57-22-20-21-54(43-57)76-46-77(56-40-52(73(10,11)12)39-53(41-56)74(13,14)15)68-37-47(27-31-66(68)76)48-35-50(71(4,5)6)38-51(36-48)72(7,8)9;/h16-42,44,46H,1-15H3;/q-3;/i16D,17D,18D,19D,23D,24D,25D,26D;. The fourth-order valence-corrected chi connectivity index (χ4v) is 10.8. The predicted molar refractivity (Wildman–Crippen MR) is 338 cm³/mol. The third kappa shape index (κ3) is 10.3. The smallest absolute Gasteiger partial charge is 0.135 e. The van der Waals surface area contributed by atoms with E-state index in [4.69, 9.17) is 17.9 Å². The van der Waals surface area contributed by atoms with Gasteiger partial charge in [-0.15, -0.1) is 48.1 Å². The van der Waals surface area contributed by atoms with Crippen molar-refractivity contribution in [2.24, 2.45) is 0 Å². The molecule has 0 spiro atoms. The van der Waals surface area contributed by atoms with Gasteiger partial charge < -0.3 is 23.7 Å². The summed E-state index contributed by atoms with van der Waals surface area (Å²) in [4.78, 5) is 9.43. The van der Waals surface area contributed by atoms with E-state index >= 15 is 0 Å². The number of rotatable bonds is 7. The molecule has 6 nitrogen and oxygen atoms in total. The molecule has 8 aromatic carbocycles. The SMILES string of the molecule is [2H]c1c([2H])c([2H])c2c(c1[2H])c1c([2H])c([2H])c([2H])c([2H])c1n2-c1ccc2c(c1)c1ccc(Oc3[c-]c(N4[CH-]N(c5cc(C(C)(C)C)cc(C(C)(C)C)c5)c5cc(-c6cc(C(C)(C)C)cc(C(C)(C)C)c6)ccc54)ccc3)[c-]c1n2-c1cc(C(C)(C)C)ccn1.[Pt]. The Morgan fingerprint density at radius 3 is 1.63 bits per heavy atom. The number of aromatic nitrogens is 3. The van der Waals surface area contributed by atoms with E-state index in [1.165, 1.54) is 27.8 Å². The van der Waals surface area contributed by atoms with Gasteiger partial charge in [-0.3, -0.25) is 0 Å². The average molecular weight is 1250 g/mol. The van der Waals surface area contributed by atoms with Crippen molar-refractivity contribution in [2.75, 3.05) is 9.80 Å². The van der Waals surface area contributed by atoms with Gasteiger partial charge in [-0.1, -0.05) is 176 Å². The van der Waals surface area contributed by atoms with E-state index in [2.05, 4.69) is 193 Å². The Hall–Kier alpha value is -7.40. The summed E-state index contributed by atoms with van der Waals surface area (Å²) in [5.41, 5.74) is 13.7. The maximum absolute atomic E-state index is 9.20. The van der Waals surface area contributed by atoms with Crippen LogP contribution < -0.4 is 14.5 Å². The van der Waals surface area contributed by atoms with Crippen molar-refractivity contribution in [3.8, 4) is 34.1 Å². The molecule has 0 bridgehead atoms. The van der Waals surface area contributed by atoms with E-state index in [1.54, 1.807) is 16.8 Å². The van der Waals surface area contributed by atoms with Crippen LogP contribution in [0.5, 0.6) is 11.5 Å². The molecule has 1 aliphatic heterocycles. The Kier molecular flexibility index (Phi) is 11.4. The zero-order valence-corrected chi connectivity index (χ0v) is 51.4. The fourth-order valence-electron chi connectivity index (χ4n) is 10.8. The summed E-state index contributed by atoms with van der Waals surface area (Å²) in [6.45, 7) is 35.9. The first kappa shape index (κ1) is 46.2. The molecule has 7 heteroatoms. The Balaban J connectivity index is 0.00000817. The minimum absolute atomic E-state index is 0. The number of para-hydroxylation sites is 2. The van der Waals surface area contributed by atoms with Crippen LogP contribution in [0.15, 0.2) is 170 Å². The molecule has 4 heterocycles. The monoisotopic (exact) mass is 1250 g/mol. The molecular weight excluding hydrogens is 1170 g/mol. The second-order valence-corrected chi connectivity index (χ2v) is 26.7. The van der Waals surface area contributed by atoms with Crippen LogP contribution in [-0.2, 0) is 48.1 Å². The van der Waals surface area contributed by atoms with Crippen molar-refractivity contribution < 1.29 is 36.8 Å². The van der Waals surface area contributed by atoms with Crippen molar-refractivity contribution in [1.82, 2.24) is 14.1 Å². The van der Waals surface area contributed by atoms with Gasteiger partial charge in [0.1, 0.15) is 5.82 Å². The molecule has 0 radical (unpaired) electrons. The number of hydrogen-bond donors (Lipinski definition) is 0. The van der Waals surface area contributed by atoms with Gasteiger partial charge >= 0.3 is 0 Å². The third-order valence-corrected chi connectivity index (χ3v) is 15.6. The van der Waals surface area contributed by atoms with E-state index in [1.807, 2.05) is 53.1 Å². The van der Waals surface area contributed by atoms with Gasteiger partial charge in [0, 0.05) is 77.8 Å². The minimum atomic E-state index is -0.494. The number of hydrogen-bond acceptors (Lipinski definition) is 4. The summed E-state index contributed by atoms with van der Waals surface area (Å²) in [5, 5.41) is 1.53. The number of nitrogens with zero attached hydrogens (tertiary/aromatic N) is 5. The maximum Gasteiger partial charge on any atom is 0.135 e. The molecule has 81 heavy (non-hydrogen) atoms. The molecule has 0 atom stereocenters. The average Bonchev–Trinajstić information content (AvgIpc) is 1.56. The van der Waals surface area contributed by atoms with Crippen LogP contribution in [0.4, 0.5) is 22.7 Å². The molecule has 3 aromatic heterocycles. The van der Waals surface area contributed by atoms with Gasteiger partial charge in [-0.2, -0.15) is 12.1 Å². The molecule has 0 amide bonds. The maximum atomic E-state index is 9.20. The number of benzene rings is 8. The van der Waals surface area contributed by atoms with Gasteiger partial charge in [0.05, 0.1) is 22.0 Å². The van der Waals surface area contributed by atoms with Crippen molar-refractivity contribution in [2.45, 2.75) is 131 Å². The molecule has 0 saturated heterocycles. The van der Waals surface area contributed by atoms with Gasteiger partial charge in [0.2, 0.25) is 0 Å². The van der Waals surface area contributed by atoms with Crippen LogP contribution >= 0.6 is 0 Å². The van der Waals surface area contributed by atoms with Gasteiger partial charge in [0.25, 0.3) is 0 Å². The Morgan fingerprint density at radius 2 is 1.02 bits per heavy atom. The summed E-state index contributed by atoms with van der Waals surface area (Å²) in [6, 6.07) is 44.1. The van der Waals surface area contributed by atoms with E-state index < -0.39 is 24.2 Å². The molecule has 0 aliphatic carbocycles. The predicted octanol–water partition coefficient (Wildman–Crippen LogP) is 20.2. The second-order valence-electron chi connectivity index (χ2n) is 26.7. The zero-order valence-electron chi connectivity index (χ0n) is 57.1. The molecular formula is C74H74N5OPt-3. The van der Waals surface area contributed by atoms with E-state index in [0.29, 0.717) is 28.5 Å². The molecule has 414 valence electrons. The summed E-state index contributed by atoms with van der Waals surface area (Å²) in [5.74, 6) is 1.52. The van der Waals surface area contributed by atoms with E-state index in [0.717, 1.165) is 50.2 Å². The molecule has 0 unspecified atom stereocenters. The largest absolute Gasteiger partial charge is 0.509 e. The molecule has 11 aromatic rings. The topological polar surface area (TPSA) is 38.5 Å². The summed E-state index contributed by atoms with van der Waals surface area (Å²) >= 11 is 0. The van der Waals surface area contributed by atoms with E-state index in [9.17, 15) is 2.74 Å². The van der Waals surface area contributed by atoms with Crippen molar-refractivity contribution in [3.63, 3.8) is 0 Å². The first-order valence-corrected chi connectivity index (χ1v) is 27.7. The van der Waals surface area contributed by atoms with E-state index in [-0.39, 0.29) is 94.1 Å². The molecule has 0 saturated carbocycles. The van der Waals surface area contributed by atoms with Crippen LogP contribution in [0.1, 0.15) is 143 Å². The summed E-state index contributed by atoms with van der Waals surface area (Å²) in [7, 11) is 0. The van der Waals surface area contributed by atoms with Gasteiger partial charge in [-0.05, 0) is 138 Å². The van der Waals surface area contributed by atoms with Crippen molar-refractivity contribution in [1.29, 1.82) is 0 Å². The summed E-state index contributed by atoms with van der Waals surface area (Å²) in [6.07, 6.45) is 1.80. The minimum Gasteiger partial charge on any atom is -0.509 e. The van der Waals surface area contributed by atoms with Crippen LogP contribution in [-0.4, -0.2) is 14.1 Å². The van der Waals surface area contributed by atoms with Gasteiger partial charge in [0.15, 0.2) is 0 Å². The quantitative estimate of drug-likeness (QED) is 0.149. The molecule has 1 aliphatic rings. The second kappa shape index (κ2) is 19.9. The first-order valence-electron chi connectivity index (χ1n) is 31.7. The van der Waals surface area contributed by atoms with Crippen molar-refractivity contribution in [3.05, 3.63) is 216 Å². The Bertz CT molecular complexity index is 4580. The number of fused-ring (bicyclic) bond motifs is 7. The molecule has 12 rings (SSSR count). The Morgan fingerprint density at radius 1 is 0.444 bits per heavy atom. The van der Waals surface area contributed by atoms with Crippen LogP contribution in [0.25, 0.3) is 66.2 Å². The zero-order chi connectivity index (χ0) is 63.4. The van der Waals surface area contributed by atoms with Crippen LogP contribution in [0.2, 0.25) is 0 Å².